The quantitative estimate of drug-likeness (QED) is 0.468. The van der Waals surface area contributed by atoms with E-state index in [-0.39, 0.29) is 37.7 Å². The molecule has 5 aliphatic rings. The van der Waals surface area contributed by atoms with Crippen molar-refractivity contribution >= 4 is 15.0 Å². The molecule has 0 bridgehead atoms. The Morgan fingerprint density at radius 1 is 0.696 bits per heavy atom. The van der Waals surface area contributed by atoms with E-state index in [0.717, 1.165) is 41.8 Å². The van der Waals surface area contributed by atoms with E-state index in [4.69, 9.17) is 0 Å². The van der Waals surface area contributed by atoms with Gasteiger partial charge in [0.1, 0.15) is 0 Å². The minimum atomic E-state index is 0. The Bertz CT molecular complexity index is 400. The molecular formula is C20H30Li2Se. The Hall–Kier alpha value is 1.71. The van der Waals surface area contributed by atoms with Crippen LogP contribution in [0.3, 0.4) is 0 Å². The van der Waals surface area contributed by atoms with Crippen molar-refractivity contribution in [3.05, 3.63) is 11.8 Å². The van der Waals surface area contributed by atoms with Crippen molar-refractivity contribution in [2.75, 3.05) is 0 Å². The van der Waals surface area contributed by atoms with E-state index in [0.29, 0.717) is 0 Å². The summed E-state index contributed by atoms with van der Waals surface area (Å²) < 4.78 is 0.871. The molecule has 0 aromatic heterocycles. The maximum atomic E-state index is 2.08. The number of hydrogen-bond donors (Lipinski definition) is 0. The minimum absolute atomic E-state index is 0. The van der Waals surface area contributed by atoms with Crippen LogP contribution in [0, 0.1) is 29.6 Å². The fourth-order valence-electron chi connectivity index (χ4n) is 5.49. The van der Waals surface area contributed by atoms with Crippen LogP contribution in [0.15, 0.2) is 0 Å². The largest absolute Gasteiger partial charge is 1.00 e. The van der Waals surface area contributed by atoms with Crippen molar-refractivity contribution < 1.29 is 37.7 Å². The third kappa shape index (κ3) is 3.24. The van der Waals surface area contributed by atoms with Crippen molar-refractivity contribution in [3.8, 4) is 0 Å². The van der Waals surface area contributed by atoms with Crippen LogP contribution < -0.4 is 37.7 Å². The fourth-order valence-corrected chi connectivity index (χ4v) is 10.2. The molecule has 0 aromatic carbocycles. The predicted molar refractivity (Wildman–Crippen MR) is 89.2 cm³/mol. The van der Waals surface area contributed by atoms with E-state index in [1.807, 2.05) is 0 Å². The van der Waals surface area contributed by atoms with Crippen molar-refractivity contribution in [3.63, 3.8) is 0 Å². The molecule has 5 rings (SSSR count). The summed E-state index contributed by atoms with van der Waals surface area (Å²) in [5.74, 6) is 7.44. The van der Waals surface area contributed by atoms with E-state index >= 15 is 0 Å². The average Bonchev–Trinajstić information content (AvgIpc) is 2.27. The van der Waals surface area contributed by atoms with Gasteiger partial charge in [0.25, 0.3) is 0 Å². The van der Waals surface area contributed by atoms with Gasteiger partial charge in [-0.15, -0.1) is 0 Å². The SMILES string of the molecule is C1CC([C-]2CCC2[Se]C2(C3CC[C-]3C3CCC3)CCC2)C1.[Li+].[Li+]. The van der Waals surface area contributed by atoms with Crippen LogP contribution in [0.1, 0.15) is 83.5 Å². The molecule has 0 amide bonds. The second-order valence-corrected chi connectivity index (χ2v) is 12.0. The summed E-state index contributed by atoms with van der Waals surface area (Å²) >= 11 is 0.953. The summed E-state index contributed by atoms with van der Waals surface area (Å²) in [6.45, 7) is 0. The van der Waals surface area contributed by atoms with Crippen LogP contribution in [0.25, 0.3) is 0 Å². The topological polar surface area (TPSA) is 0 Å². The smallest absolute Gasteiger partial charge is 1.00 e. The molecule has 0 saturated heterocycles. The van der Waals surface area contributed by atoms with Crippen molar-refractivity contribution in [1.29, 1.82) is 0 Å². The van der Waals surface area contributed by atoms with E-state index < -0.39 is 0 Å². The van der Waals surface area contributed by atoms with Crippen LogP contribution in [0.5, 0.6) is 0 Å². The zero-order valence-corrected chi connectivity index (χ0v) is 17.1. The van der Waals surface area contributed by atoms with Gasteiger partial charge < -0.3 is 0 Å². The molecule has 0 spiro atoms. The van der Waals surface area contributed by atoms with E-state index in [9.17, 15) is 0 Å². The summed E-state index contributed by atoms with van der Waals surface area (Å²) in [6.07, 6.45) is 20.3. The molecule has 118 valence electrons. The molecule has 0 aromatic rings. The van der Waals surface area contributed by atoms with Gasteiger partial charge in [0.05, 0.1) is 0 Å². The van der Waals surface area contributed by atoms with Gasteiger partial charge in [0.15, 0.2) is 0 Å². The van der Waals surface area contributed by atoms with Gasteiger partial charge in [0, 0.05) is 0 Å². The Balaban J connectivity index is 0.000000781. The molecular weight excluding hydrogens is 333 g/mol. The number of hydrogen-bond acceptors (Lipinski definition) is 0. The summed E-state index contributed by atoms with van der Waals surface area (Å²) in [7, 11) is 0. The molecule has 0 aliphatic heterocycles. The molecule has 0 nitrogen and oxygen atoms in total. The van der Waals surface area contributed by atoms with Crippen LogP contribution in [-0.4, -0.2) is 15.0 Å². The Morgan fingerprint density at radius 2 is 1.30 bits per heavy atom. The van der Waals surface area contributed by atoms with E-state index in [1.165, 1.54) is 25.7 Å². The fraction of sp³-hybridized carbons (Fsp3) is 0.900. The first-order chi connectivity index (χ1) is 10.4. The summed E-state index contributed by atoms with van der Waals surface area (Å²) in [5, 5.41) is 0. The summed E-state index contributed by atoms with van der Waals surface area (Å²) in [5.41, 5.74) is 0. The molecule has 5 fully saturated rings. The summed E-state index contributed by atoms with van der Waals surface area (Å²) in [4.78, 5) is 1.13. The molecule has 0 radical (unpaired) electrons. The molecule has 2 atom stereocenters. The standard InChI is InChI=1S/C20H30Se.2Li/c1-4-14(5-1)16-8-10-18(16)20(12-3-13-20)21-19-11-9-17(19)15-6-2-7-15;;/h14-15,18-19H,1-13H2;;/q-2;2*+1. The Morgan fingerprint density at radius 3 is 1.65 bits per heavy atom. The third-order valence-corrected chi connectivity index (χ3v) is 11.9. The molecule has 2 unspecified atom stereocenters. The van der Waals surface area contributed by atoms with Crippen LogP contribution in [0.2, 0.25) is 9.13 Å². The molecule has 5 aliphatic carbocycles. The van der Waals surface area contributed by atoms with Gasteiger partial charge >= 0.3 is 175 Å². The first kappa shape index (κ1) is 19.5. The van der Waals surface area contributed by atoms with Gasteiger partial charge in [-0.25, -0.2) is 0 Å². The van der Waals surface area contributed by atoms with Gasteiger partial charge in [-0.05, 0) is 0 Å². The zero-order valence-electron chi connectivity index (χ0n) is 15.4. The van der Waals surface area contributed by atoms with Crippen LogP contribution >= 0.6 is 0 Å². The van der Waals surface area contributed by atoms with Crippen molar-refractivity contribution in [1.82, 2.24) is 0 Å². The first-order valence-corrected chi connectivity index (χ1v) is 11.6. The molecule has 5 saturated carbocycles. The van der Waals surface area contributed by atoms with Gasteiger partial charge in [-0.2, -0.15) is 0 Å². The van der Waals surface area contributed by atoms with E-state index in [2.05, 4.69) is 11.8 Å². The Kier molecular flexibility index (Phi) is 6.57. The van der Waals surface area contributed by atoms with Crippen LogP contribution in [-0.2, 0) is 0 Å². The van der Waals surface area contributed by atoms with Gasteiger partial charge in [-0.1, -0.05) is 0 Å². The molecule has 23 heavy (non-hydrogen) atoms. The molecule has 0 heterocycles. The van der Waals surface area contributed by atoms with Crippen LogP contribution in [0.4, 0.5) is 0 Å². The average molecular weight is 363 g/mol. The van der Waals surface area contributed by atoms with Crippen molar-refractivity contribution in [2.45, 2.75) is 92.6 Å². The summed E-state index contributed by atoms with van der Waals surface area (Å²) in [6, 6.07) is 0. The van der Waals surface area contributed by atoms with Crippen molar-refractivity contribution in [2.24, 2.45) is 17.8 Å². The number of rotatable bonds is 5. The molecule has 3 heteroatoms. The second-order valence-electron chi connectivity index (χ2n) is 8.56. The Labute approximate surface area is 174 Å². The maximum Gasteiger partial charge on any atom is 1.00 e. The zero-order chi connectivity index (χ0) is 13.9. The first-order valence-electron chi connectivity index (χ1n) is 9.75. The van der Waals surface area contributed by atoms with Gasteiger partial charge in [-0.3, -0.25) is 0 Å². The minimum Gasteiger partial charge on any atom is 1.00 e. The van der Waals surface area contributed by atoms with Gasteiger partial charge in [0.2, 0.25) is 0 Å². The maximum absolute atomic E-state index is 2.08. The molecule has 0 N–H and O–H groups in total. The second kappa shape index (κ2) is 7.76. The predicted octanol–water partition coefficient (Wildman–Crippen LogP) is -0.217. The third-order valence-electron chi connectivity index (χ3n) is 7.75. The normalized spacial score (nSPS) is 37.0. The monoisotopic (exact) mass is 364 g/mol. The van der Waals surface area contributed by atoms with E-state index in [1.54, 1.807) is 57.8 Å².